The molecule has 0 spiro atoms. The summed E-state index contributed by atoms with van der Waals surface area (Å²) in [6, 6.07) is 17.9. The summed E-state index contributed by atoms with van der Waals surface area (Å²) in [6.07, 6.45) is 7.96. The minimum absolute atomic E-state index is 0.256. The third-order valence-electron chi connectivity index (χ3n) is 7.16. The van der Waals surface area contributed by atoms with Gasteiger partial charge in [-0.1, -0.05) is 0 Å². The Morgan fingerprint density at radius 3 is 2.03 bits per heavy atom. The van der Waals surface area contributed by atoms with E-state index in [9.17, 15) is 0 Å². The van der Waals surface area contributed by atoms with E-state index in [4.69, 9.17) is 17.2 Å². The zero-order chi connectivity index (χ0) is 22.6. The van der Waals surface area contributed by atoms with E-state index in [1.165, 1.54) is 47.9 Å². The van der Waals surface area contributed by atoms with Crippen molar-refractivity contribution in [1.29, 1.82) is 0 Å². The van der Waals surface area contributed by atoms with Gasteiger partial charge < -0.3 is 0 Å². The average molecular weight is 686 g/mol. The van der Waals surface area contributed by atoms with Crippen molar-refractivity contribution in [1.82, 2.24) is 0 Å². The number of hydrogen-bond acceptors (Lipinski definition) is 0. The van der Waals surface area contributed by atoms with E-state index in [1.54, 1.807) is 4.35 Å². The Hall–Kier alpha value is -0.737. The van der Waals surface area contributed by atoms with Crippen LogP contribution in [0.25, 0.3) is 11.1 Å². The van der Waals surface area contributed by atoms with Crippen LogP contribution in [-0.2, 0) is 19.1 Å². The molecule has 0 radical (unpaired) electrons. The van der Waals surface area contributed by atoms with E-state index >= 15 is 0 Å². The molecule has 0 aromatic heterocycles. The summed E-state index contributed by atoms with van der Waals surface area (Å²) in [4.78, 5) is 0. The fourth-order valence-electron chi connectivity index (χ4n) is 5.91. The van der Waals surface area contributed by atoms with E-state index in [0.717, 1.165) is 6.42 Å². The second-order valence-corrected chi connectivity index (χ2v) is 25.9. The van der Waals surface area contributed by atoms with Gasteiger partial charge in [0.05, 0.1) is 0 Å². The molecule has 161 valence electrons. The van der Waals surface area contributed by atoms with Gasteiger partial charge in [0.25, 0.3) is 0 Å². The fraction of sp³-hybridized carbons (Fsp3) is 0.250. The molecule has 0 aliphatic heterocycles. The van der Waals surface area contributed by atoms with E-state index < -0.39 is 33.0 Å². The molecule has 1 atom stereocenters. The van der Waals surface area contributed by atoms with Gasteiger partial charge in [-0.05, 0) is 0 Å². The molecule has 1 unspecified atom stereocenters. The molecule has 0 nitrogen and oxygen atoms in total. The molecule has 0 bridgehead atoms. The summed E-state index contributed by atoms with van der Waals surface area (Å²) in [5.74, 6) is 5.61. The van der Waals surface area contributed by atoms with E-state index in [0.29, 0.717) is 5.92 Å². The molecule has 0 saturated carbocycles. The third-order valence-corrected chi connectivity index (χ3v) is 17.3. The first-order valence-corrected chi connectivity index (χ1v) is 27.3. The van der Waals surface area contributed by atoms with Gasteiger partial charge in [0, 0.05) is 0 Å². The van der Waals surface area contributed by atoms with Crippen molar-refractivity contribution in [2.24, 2.45) is 5.92 Å². The van der Waals surface area contributed by atoms with E-state index in [2.05, 4.69) is 92.1 Å². The monoisotopic (exact) mass is 687 g/mol. The number of halogens is 2. The van der Waals surface area contributed by atoms with Gasteiger partial charge in [-0.15, -0.1) is 0 Å². The Morgan fingerprint density at radius 1 is 0.906 bits per heavy atom. The van der Waals surface area contributed by atoms with Gasteiger partial charge in [0.15, 0.2) is 0 Å². The van der Waals surface area contributed by atoms with Gasteiger partial charge in [-0.3, -0.25) is 0 Å². The molecule has 0 saturated heterocycles. The summed E-state index contributed by atoms with van der Waals surface area (Å²) in [5.41, 5.74) is 11.4. The molecule has 3 aliphatic rings. The van der Waals surface area contributed by atoms with Gasteiger partial charge in [-0.25, -0.2) is 0 Å². The quantitative estimate of drug-likeness (QED) is 0.285. The zero-order valence-corrected chi connectivity index (χ0v) is 26.2. The normalized spacial score (nSPS) is 19.6. The van der Waals surface area contributed by atoms with Crippen molar-refractivity contribution in [3.8, 4) is 11.1 Å². The molecule has 0 N–H and O–H groups in total. The average Bonchev–Trinajstić information content (AvgIpc) is 3.22. The molecular formula is C28H27Cl2GeHf. The van der Waals surface area contributed by atoms with Crippen LogP contribution >= 0.6 is 17.2 Å². The first-order chi connectivity index (χ1) is 15.5. The van der Waals surface area contributed by atoms with Crippen LogP contribution in [0.4, 0.5) is 0 Å². The molecule has 32 heavy (non-hydrogen) atoms. The van der Waals surface area contributed by atoms with E-state index in [1.807, 2.05) is 0 Å². The second kappa shape index (κ2) is 9.13. The second-order valence-electron chi connectivity index (χ2n) is 9.02. The molecule has 0 fully saturated rings. The first-order valence-electron chi connectivity index (χ1n) is 11.4. The molecule has 5 rings (SSSR count). The fourth-order valence-corrected chi connectivity index (χ4v) is 15.9. The standard InChI is InChI=1S/C28H27Ge.2ClH.Hf/c1-5-19-17-20-11-10-16-25(29(3)4)18(2)26(20)27(19)28-23-14-8-6-12-21(23)22-13-7-9-15-24(22)28;;;/h6-16,18,28H,5H2,1-4H3;2*1H;/q;;;+2/p-2. The third kappa shape index (κ3) is 3.54. The molecule has 0 amide bonds. The Labute approximate surface area is 211 Å². The first kappa shape index (κ1) is 23.0. The number of benzene rings is 2. The Morgan fingerprint density at radius 2 is 1.50 bits per heavy atom. The maximum atomic E-state index is 6.88. The summed E-state index contributed by atoms with van der Waals surface area (Å²) >= 11 is -4.12. The number of rotatable bonds is 3. The Balaban J connectivity index is 1.87. The van der Waals surface area contributed by atoms with Crippen LogP contribution in [-0.4, -0.2) is 18.3 Å². The van der Waals surface area contributed by atoms with Crippen LogP contribution in [0.15, 0.2) is 92.4 Å². The summed E-state index contributed by atoms with van der Waals surface area (Å²) in [5, 5.41) is 0. The molecule has 3 aliphatic carbocycles. The maximum absolute atomic E-state index is 6.88. The number of hydrogen-bond donors (Lipinski definition) is 0. The van der Waals surface area contributed by atoms with Crippen molar-refractivity contribution in [2.75, 3.05) is 0 Å². The Kier molecular flexibility index (Phi) is 6.57. The zero-order valence-electron chi connectivity index (χ0n) is 19.0. The summed E-state index contributed by atoms with van der Waals surface area (Å²) in [6.45, 7) is 4.70. The predicted molar refractivity (Wildman–Crippen MR) is 139 cm³/mol. The van der Waals surface area contributed by atoms with Crippen molar-refractivity contribution in [3.63, 3.8) is 0 Å². The van der Waals surface area contributed by atoms with Crippen LogP contribution in [0, 0.1) is 5.92 Å². The van der Waals surface area contributed by atoms with Crippen molar-refractivity contribution in [3.05, 3.63) is 104 Å². The van der Waals surface area contributed by atoms with Crippen molar-refractivity contribution in [2.45, 2.75) is 37.7 Å². The van der Waals surface area contributed by atoms with Crippen LogP contribution in [0.1, 0.15) is 37.3 Å². The van der Waals surface area contributed by atoms with Gasteiger partial charge >= 0.3 is 213 Å². The number of fused-ring (bicyclic) bond motifs is 4. The van der Waals surface area contributed by atoms with Crippen LogP contribution < -0.4 is 0 Å². The van der Waals surface area contributed by atoms with Crippen molar-refractivity contribution < 1.29 is 19.1 Å². The topological polar surface area (TPSA) is 0 Å². The Bertz CT molecular complexity index is 1230. The predicted octanol–water partition coefficient (Wildman–Crippen LogP) is 8.34. The summed E-state index contributed by atoms with van der Waals surface area (Å²) < 4.78 is 2.98. The molecule has 2 aromatic carbocycles. The van der Waals surface area contributed by atoms with E-state index in [-0.39, 0.29) is 5.92 Å². The molecule has 2 aromatic rings. The van der Waals surface area contributed by atoms with Gasteiger partial charge in [-0.2, -0.15) is 0 Å². The summed E-state index contributed by atoms with van der Waals surface area (Å²) in [7, 11) is 13.8. The van der Waals surface area contributed by atoms with Gasteiger partial charge in [0.2, 0.25) is 0 Å². The number of allylic oxidation sites excluding steroid dienone is 8. The van der Waals surface area contributed by atoms with Crippen LogP contribution in [0.3, 0.4) is 0 Å². The SMILES string of the molecule is CCC1=[C]([Hf]([Cl])[Cl])C2=CC=C[C](=[Ge]([CH3])[CH3])C(C)C2=C1C1c2ccccc2-c2ccccc21. The minimum atomic E-state index is -2.87. The molecule has 4 heteroatoms. The molecular weight excluding hydrogens is 658 g/mol. The van der Waals surface area contributed by atoms with Gasteiger partial charge in [0.1, 0.15) is 0 Å². The van der Waals surface area contributed by atoms with Crippen molar-refractivity contribution >= 4 is 35.4 Å². The van der Waals surface area contributed by atoms with Crippen LogP contribution in [0.5, 0.6) is 0 Å². The van der Waals surface area contributed by atoms with Crippen LogP contribution in [0.2, 0.25) is 11.5 Å². The molecule has 0 heterocycles.